The predicted octanol–water partition coefficient (Wildman–Crippen LogP) is 3.65. The number of nitrogens with one attached hydrogen (secondary N) is 2. The number of esters is 2. The van der Waals surface area contributed by atoms with Gasteiger partial charge in [0.2, 0.25) is 0 Å². The summed E-state index contributed by atoms with van der Waals surface area (Å²) in [6.45, 7) is 1.88. The van der Waals surface area contributed by atoms with E-state index in [-0.39, 0.29) is 16.5 Å². The highest BCUT2D eigenvalue weighted by molar-refractivity contribution is 7.17. The van der Waals surface area contributed by atoms with E-state index < -0.39 is 23.8 Å². The van der Waals surface area contributed by atoms with Crippen molar-refractivity contribution in [1.29, 1.82) is 0 Å². The molecule has 2 aromatic carbocycles. The molecule has 0 unspecified atom stereocenters. The van der Waals surface area contributed by atoms with Crippen molar-refractivity contribution in [1.82, 2.24) is 5.43 Å². The molecule has 1 aliphatic rings. The molecule has 0 bridgehead atoms. The smallest absolute Gasteiger partial charge is 0.343 e. The lowest BCUT2D eigenvalue weighted by molar-refractivity contribution is -0.136. The normalized spacial score (nSPS) is 12.1. The molecule has 0 saturated carbocycles. The van der Waals surface area contributed by atoms with Crippen LogP contribution in [0.1, 0.15) is 48.7 Å². The minimum Gasteiger partial charge on any atom is -0.493 e. The molecule has 0 aliphatic heterocycles. The van der Waals surface area contributed by atoms with Crippen molar-refractivity contribution in [2.75, 3.05) is 19.5 Å². The molecule has 196 valence electrons. The van der Waals surface area contributed by atoms with E-state index in [9.17, 15) is 19.2 Å². The largest absolute Gasteiger partial charge is 0.493 e. The molecule has 11 heteroatoms. The zero-order valence-electron chi connectivity index (χ0n) is 21.0. The van der Waals surface area contributed by atoms with Crippen LogP contribution in [0.3, 0.4) is 0 Å². The van der Waals surface area contributed by atoms with Gasteiger partial charge in [-0.3, -0.25) is 9.59 Å². The van der Waals surface area contributed by atoms with E-state index >= 15 is 0 Å². The molecule has 1 heterocycles. The highest BCUT2D eigenvalue weighted by Crippen LogP contribution is 2.39. The highest BCUT2D eigenvalue weighted by atomic mass is 32.1. The number of methoxy groups -OCH3 is 2. The average Bonchev–Trinajstić information content (AvgIpc) is 3.49. The minimum absolute atomic E-state index is 0.212. The molecule has 0 radical (unpaired) electrons. The lowest BCUT2D eigenvalue weighted by Gasteiger charge is -2.10. The second kappa shape index (κ2) is 11.7. The monoisotopic (exact) mass is 535 g/mol. The Labute approximate surface area is 222 Å². The van der Waals surface area contributed by atoms with Gasteiger partial charge in [0.25, 0.3) is 0 Å². The summed E-state index contributed by atoms with van der Waals surface area (Å²) in [6, 6.07) is 11.7. The van der Waals surface area contributed by atoms with Crippen LogP contribution in [0, 0.1) is 6.92 Å². The molecule has 10 nitrogen and oxygen atoms in total. The summed E-state index contributed by atoms with van der Waals surface area (Å²) in [5, 5.41) is 6.59. The molecule has 2 amide bonds. The molecule has 0 spiro atoms. The third-order valence-electron chi connectivity index (χ3n) is 5.77. The predicted molar refractivity (Wildman–Crippen MR) is 141 cm³/mol. The summed E-state index contributed by atoms with van der Waals surface area (Å²) in [4.78, 5) is 50.4. The van der Waals surface area contributed by atoms with E-state index in [0.29, 0.717) is 16.7 Å². The van der Waals surface area contributed by atoms with Gasteiger partial charge in [-0.15, -0.1) is 11.3 Å². The molecule has 0 fully saturated rings. The van der Waals surface area contributed by atoms with Gasteiger partial charge in [-0.05, 0) is 67.6 Å². The second-order valence-corrected chi connectivity index (χ2v) is 9.48. The number of benzene rings is 2. The van der Waals surface area contributed by atoms with Crippen molar-refractivity contribution < 1.29 is 33.4 Å². The van der Waals surface area contributed by atoms with Gasteiger partial charge in [-0.1, -0.05) is 17.7 Å². The number of aryl methyl sites for hydroxylation is 2. The number of hydrazone groups is 1. The summed E-state index contributed by atoms with van der Waals surface area (Å²) in [6.07, 6.45) is 3.76. The maximum Gasteiger partial charge on any atom is 0.343 e. The van der Waals surface area contributed by atoms with Crippen LogP contribution in [-0.2, 0) is 27.2 Å². The number of nitrogens with zero attached hydrogens (tertiary/aromatic N) is 1. The van der Waals surface area contributed by atoms with Crippen molar-refractivity contribution in [3.8, 4) is 11.5 Å². The Morgan fingerprint density at radius 3 is 2.53 bits per heavy atom. The maximum atomic E-state index is 12.5. The fraction of sp³-hybridized carbons (Fsp3) is 0.222. The van der Waals surface area contributed by atoms with Crippen molar-refractivity contribution in [3.05, 3.63) is 75.2 Å². The fourth-order valence-electron chi connectivity index (χ4n) is 3.97. The number of hydrogen-bond donors (Lipinski definition) is 2. The van der Waals surface area contributed by atoms with E-state index in [4.69, 9.17) is 14.2 Å². The number of thiophene rings is 1. The van der Waals surface area contributed by atoms with Crippen LogP contribution in [0.25, 0.3) is 0 Å². The van der Waals surface area contributed by atoms with Crippen LogP contribution in [-0.4, -0.2) is 44.2 Å². The van der Waals surface area contributed by atoms with Gasteiger partial charge in [0.05, 0.1) is 31.6 Å². The van der Waals surface area contributed by atoms with E-state index in [1.807, 2.05) is 13.0 Å². The quantitative estimate of drug-likeness (QED) is 0.155. The van der Waals surface area contributed by atoms with Gasteiger partial charge in [0.15, 0.2) is 11.5 Å². The third kappa shape index (κ3) is 5.89. The molecule has 0 saturated heterocycles. The Morgan fingerprint density at radius 1 is 0.974 bits per heavy atom. The van der Waals surface area contributed by atoms with Crippen LogP contribution in [0.4, 0.5) is 5.00 Å². The molecular weight excluding hydrogens is 510 g/mol. The van der Waals surface area contributed by atoms with E-state index in [2.05, 4.69) is 15.8 Å². The Bertz CT molecular complexity index is 1440. The molecule has 0 atom stereocenters. The first-order valence-corrected chi connectivity index (χ1v) is 12.5. The summed E-state index contributed by atoms with van der Waals surface area (Å²) < 4.78 is 15.6. The van der Waals surface area contributed by atoms with Crippen molar-refractivity contribution >= 4 is 46.3 Å². The lowest BCUT2D eigenvalue weighted by Crippen LogP contribution is -2.32. The molecule has 1 aromatic heterocycles. The molecule has 3 aromatic rings. The fourth-order valence-corrected chi connectivity index (χ4v) is 5.24. The number of ether oxygens (including phenoxy) is 3. The Balaban J connectivity index is 1.38. The number of hydrogen-bond acceptors (Lipinski definition) is 9. The minimum atomic E-state index is -1.01. The van der Waals surface area contributed by atoms with Crippen molar-refractivity contribution in [2.24, 2.45) is 5.10 Å². The van der Waals surface area contributed by atoms with Crippen molar-refractivity contribution in [3.63, 3.8) is 0 Å². The third-order valence-corrected chi connectivity index (χ3v) is 6.98. The number of fused-ring (bicyclic) bond motifs is 1. The average molecular weight is 536 g/mol. The zero-order valence-corrected chi connectivity index (χ0v) is 21.8. The van der Waals surface area contributed by atoms with Gasteiger partial charge in [-0.2, -0.15) is 5.10 Å². The Kier molecular flexibility index (Phi) is 8.17. The van der Waals surface area contributed by atoms with E-state index in [0.717, 1.165) is 35.3 Å². The zero-order chi connectivity index (χ0) is 27.2. The van der Waals surface area contributed by atoms with Crippen LogP contribution in [0.5, 0.6) is 11.5 Å². The molecule has 2 N–H and O–H groups in total. The van der Waals surface area contributed by atoms with Gasteiger partial charge in [-0.25, -0.2) is 15.0 Å². The Morgan fingerprint density at radius 2 is 1.79 bits per heavy atom. The number of anilines is 1. The Hall–Kier alpha value is -4.51. The van der Waals surface area contributed by atoms with Gasteiger partial charge >= 0.3 is 23.8 Å². The second-order valence-electron chi connectivity index (χ2n) is 8.38. The topological polar surface area (TPSA) is 132 Å². The first kappa shape index (κ1) is 26.6. The lowest BCUT2D eigenvalue weighted by atomic mass is 10.1. The summed E-state index contributed by atoms with van der Waals surface area (Å²) >= 11 is 1.27. The van der Waals surface area contributed by atoms with Gasteiger partial charge in [0.1, 0.15) is 5.00 Å². The van der Waals surface area contributed by atoms with Gasteiger partial charge in [0, 0.05) is 4.88 Å². The number of amides is 2. The molecule has 38 heavy (non-hydrogen) atoms. The van der Waals surface area contributed by atoms with Crippen LogP contribution < -0.4 is 20.2 Å². The molecule has 1 aliphatic carbocycles. The summed E-state index contributed by atoms with van der Waals surface area (Å²) in [5.74, 6) is -2.58. The van der Waals surface area contributed by atoms with E-state index in [1.165, 1.54) is 37.8 Å². The number of carbonyl (C=O) groups is 4. The first-order valence-electron chi connectivity index (χ1n) is 11.6. The van der Waals surface area contributed by atoms with Crippen LogP contribution in [0.15, 0.2) is 47.6 Å². The standard InChI is InChI=1S/C27H25N3O7S/c1-15-6-4-7-17(12-15)26(33)37-19-11-10-16(13-20(19)35-2)14-28-30-24(32)23(31)29-25-22(27(34)36-3)18-8-5-9-21(18)38-25/h4,6-7,10-14H,5,8-9H2,1-3H3,(H,29,31)(H,30,32)/b28-14+. The molecular formula is C27H25N3O7S. The van der Waals surface area contributed by atoms with Crippen LogP contribution >= 0.6 is 11.3 Å². The summed E-state index contributed by atoms with van der Waals surface area (Å²) in [7, 11) is 2.69. The van der Waals surface area contributed by atoms with Crippen LogP contribution in [0.2, 0.25) is 0 Å². The summed E-state index contributed by atoms with van der Waals surface area (Å²) in [5.41, 5.74) is 5.16. The maximum absolute atomic E-state index is 12.5. The van der Waals surface area contributed by atoms with Gasteiger partial charge < -0.3 is 19.5 Å². The van der Waals surface area contributed by atoms with Crippen molar-refractivity contribution in [2.45, 2.75) is 26.2 Å². The van der Waals surface area contributed by atoms with E-state index in [1.54, 1.807) is 30.3 Å². The number of rotatable bonds is 7. The first-order chi connectivity index (χ1) is 18.3. The SMILES string of the molecule is COC(=O)c1c(NC(=O)C(=O)N/N=C/c2ccc(OC(=O)c3cccc(C)c3)c(OC)c2)sc2c1CCC2. The highest BCUT2D eigenvalue weighted by Gasteiger charge is 2.29. The molecule has 4 rings (SSSR count). The number of carbonyl (C=O) groups excluding carboxylic acids is 4.